The van der Waals surface area contributed by atoms with Crippen molar-refractivity contribution < 1.29 is 26.8 Å². The molecular weight excluding hydrogens is 500 g/mol. The molecule has 37 heavy (non-hydrogen) atoms. The van der Waals surface area contributed by atoms with Gasteiger partial charge in [-0.25, -0.2) is 17.2 Å². The minimum atomic E-state index is -3.30. The van der Waals surface area contributed by atoms with E-state index in [1.54, 1.807) is 37.3 Å². The van der Waals surface area contributed by atoms with Crippen LogP contribution >= 0.6 is 0 Å². The Morgan fingerprint density at radius 1 is 0.973 bits per heavy atom. The topological polar surface area (TPSA) is 104 Å². The summed E-state index contributed by atoms with van der Waals surface area (Å²) in [4.78, 5) is 25.5. The van der Waals surface area contributed by atoms with Crippen molar-refractivity contribution in [2.24, 2.45) is 5.92 Å². The van der Waals surface area contributed by atoms with Gasteiger partial charge in [-0.05, 0) is 68.5 Å². The highest BCUT2D eigenvalue weighted by Gasteiger charge is 2.35. The number of halogens is 2. The van der Waals surface area contributed by atoms with Crippen LogP contribution in [0.25, 0.3) is 0 Å². The van der Waals surface area contributed by atoms with Crippen LogP contribution in [0.2, 0.25) is 0 Å². The molecule has 2 aromatic rings. The lowest BCUT2D eigenvalue weighted by Gasteiger charge is -2.27. The zero-order chi connectivity index (χ0) is 27.2. The van der Waals surface area contributed by atoms with Gasteiger partial charge in [0.15, 0.2) is 9.84 Å². The summed E-state index contributed by atoms with van der Waals surface area (Å²) in [6.45, 7) is 5.47. The van der Waals surface area contributed by atoms with E-state index in [0.29, 0.717) is 35.5 Å². The predicted octanol–water partition coefficient (Wildman–Crippen LogP) is 5.64. The van der Waals surface area contributed by atoms with E-state index >= 15 is 0 Å². The molecule has 1 aliphatic carbocycles. The Morgan fingerprint density at radius 2 is 1.62 bits per heavy atom. The Labute approximate surface area is 217 Å². The highest BCUT2D eigenvalue weighted by Crippen LogP contribution is 2.37. The Morgan fingerprint density at radius 3 is 2.22 bits per heavy atom. The summed E-state index contributed by atoms with van der Waals surface area (Å²) in [5.41, 5.74) is 2.39. The second-order valence-electron chi connectivity index (χ2n) is 9.88. The molecule has 0 unspecified atom stereocenters. The quantitative estimate of drug-likeness (QED) is 0.366. The number of nitrogens with one attached hydrogen (secondary N) is 3. The highest BCUT2D eigenvalue weighted by atomic mass is 32.2. The lowest BCUT2D eigenvalue weighted by Crippen LogP contribution is -2.27. The summed E-state index contributed by atoms with van der Waals surface area (Å²) in [6, 6.07) is 11.4. The van der Waals surface area contributed by atoms with Crippen LogP contribution in [0, 0.1) is 5.92 Å². The maximum absolute atomic E-state index is 13.4. The zero-order valence-corrected chi connectivity index (χ0v) is 22.3. The predicted molar refractivity (Wildman–Crippen MR) is 142 cm³/mol. The number of alkyl halides is 2. The van der Waals surface area contributed by atoms with Gasteiger partial charge < -0.3 is 16.0 Å². The summed E-state index contributed by atoms with van der Waals surface area (Å²) in [5, 5.41) is 8.97. The second-order valence-corrected chi connectivity index (χ2v) is 12.2. The minimum absolute atomic E-state index is 0.00945. The maximum atomic E-state index is 13.4. The molecule has 1 saturated carbocycles. The first kappa shape index (κ1) is 28.6. The third-order valence-electron chi connectivity index (χ3n) is 6.36. The van der Waals surface area contributed by atoms with Crippen molar-refractivity contribution in [3.63, 3.8) is 0 Å². The van der Waals surface area contributed by atoms with Crippen LogP contribution in [0.4, 0.5) is 25.8 Å². The van der Waals surface area contributed by atoms with Crippen molar-refractivity contribution >= 4 is 38.7 Å². The van der Waals surface area contributed by atoms with Crippen molar-refractivity contribution in [2.75, 3.05) is 21.7 Å². The van der Waals surface area contributed by atoms with E-state index in [1.807, 2.05) is 13.8 Å². The number of hydrogen-bond donors (Lipinski definition) is 3. The molecule has 2 amide bonds. The molecule has 0 radical (unpaired) electrons. The van der Waals surface area contributed by atoms with Gasteiger partial charge in [-0.3, -0.25) is 9.59 Å². The van der Waals surface area contributed by atoms with Gasteiger partial charge in [0, 0.05) is 31.0 Å². The lowest BCUT2D eigenvalue weighted by atomic mass is 9.84. The first-order valence-corrected chi connectivity index (χ1v) is 14.2. The molecule has 3 N–H and O–H groups in total. The molecule has 0 spiro atoms. The Balaban J connectivity index is 1.63. The van der Waals surface area contributed by atoms with E-state index in [2.05, 4.69) is 16.0 Å². The molecule has 202 valence electrons. The van der Waals surface area contributed by atoms with Crippen LogP contribution in [0.3, 0.4) is 0 Å². The van der Waals surface area contributed by atoms with Gasteiger partial charge in [-0.15, -0.1) is 0 Å². The third kappa shape index (κ3) is 8.52. The summed E-state index contributed by atoms with van der Waals surface area (Å²) in [6.07, 6.45) is 0.564. The average molecular weight is 536 g/mol. The van der Waals surface area contributed by atoms with E-state index in [-0.39, 0.29) is 60.1 Å². The molecule has 0 aliphatic heterocycles. The number of anilines is 3. The molecule has 1 aliphatic rings. The van der Waals surface area contributed by atoms with E-state index < -0.39 is 15.8 Å². The van der Waals surface area contributed by atoms with Crippen LogP contribution < -0.4 is 16.0 Å². The van der Waals surface area contributed by atoms with Gasteiger partial charge in [0.2, 0.25) is 17.7 Å². The lowest BCUT2D eigenvalue weighted by molar-refractivity contribution is -0.118. The number of carbonyl (C=O) groups excluding carboxylic acids is 2. The molecule has 0 bridgehead atoms. The summed E-state index contributed by atoms with van der Waals surface area (Å²) in [5.74, 6) is -3.17. The van der Waals surface area contributed by atoms with Crippen molar-refractivity contribution in [3.05, 3.63) is 48.0 Å². The van der Waals surface area contributed by atoms with E-state index in [0.717, 1.165) is 0 Å². The van der Waals surface area contributed by atoms with Crippen molar-refractivity contribution in [2.45, 2.75) is 76.2 Å². The van der Waals surface area contributed by atoms with Crippen LogP contribution in [0.1, 0.15) is 58.4 Å². The Bertz CT molecular complexity index is 1200. The van der Waals surface area contributed by atoms with Crippen LogP contribution in [-0.4, -0.2) is 37.9 Å². The van der Waals surface area contributed by atoms with Gasteiger partial charge in [0.05, 0.1) is 28.4 Å². The van der Waals surface area contributed by atoms with Gasteiger partial charge in [0.25, 0.3) is 0 Å². The molecule has 0 saturated heterocycles. The molecule has 10 heteroatoms. The molecule has 1 fully saturated rings. The number of rotatable bonds is 10. The molecule has 0 aromatic heterocycles. The Hall–Kier alpha value is -3.01. The molecule has 0 heterocycles. The number of carbonyl (C=O) groups is 2. The second kappa shape index (κ2) is 12.0. The molecule has 3 rings (SSSR count). The third-order valence-corrected chi connectivity index (χ3v) is 8.11. The van der Waals surface area contributed by atoms with Crippen molar-refractivity contribution in [3.8, 4) is 0 Å². The van der Waals surface area contributed by atoms with Crippen LogP contribution in [0.5, 0.6) is 0 Å². The smallest absolute Gasteiger partial charge is 0.248 e. The summed E-state index contributed by atoms with van der Waals surface area (Å²) in [7, 11) is -3.30. The standard InChI is InChI=1S/C27H35F2N3O4S/c1-4-37(35,36)22-8-5-19(6-9-22)15-25(33)31-21-7-10-23(24(17-21)30-18(2)3)32-26(34)16-20-11-13-27(28,29)14-12-20/h5-10,17-18,20,30H,4,11-16H2,1-3H3,(H,31,33)(H,32,34). The van der Waals surface area contributed by atoms with Crippen LogP contribution in [0.15, 0.2) is 47.4 Å². The first-order valence-electron chi connectivity index (χ1n) is 12.6. The van der Waals surface area contributed by atoms with Crippen molar-refractivity contribution in [1.29, 1.82) is 0 Å². The van der Waals surface area contributed by atoms with Gasteiger partial charge in [0.1, 0.15) is 0 Å². The summed E-state index contributed by atoms with van der Waals surface area (Å²) >= 11 is 0. The fourth-order valence-corrected chi connectivity index (χ4v) is 5.18. The van der Waals surface area contributed by atoms with Gasteiger partial charge in [-0.2, -0.15) is 0 Å². The van der Waals surface area contributed by atoms with E-state index in [4.69, 9.17) is 0 Å². The maximum Gasteiger partial charge on any atom is 0.248 e. The van der Waals surface area contributed by atoms with E-state index in [9.17, 15) is 26.8 Å². The highest BCUT2D eigenvalue weighted by molar-refractivity contribution is 7.91. The molecule has 7 nitrogen and oxygen atoms in total. The van der Waals surface area contributed by atoms with Gasteiger partial charge >= 0.3 is 0 Å². The fraction of sp³-hybridized carbons (Fsp3) is 0.481. The SMILES string of the molecule is CCS(=O)(=O)c1ccc(CC(=O)Nc2ccc(NC(=O)CC3CCC(F)(F)CC3)c(NC(C)C)c2)cc1. The zero-order valence-electron chi connectivity index (χ0n) is 21.4. The number of sulfone groups is 1. The molecular formula is C27H35F2N3O4S. The van der Waals surface area contributed by atoms with Crippen LogP contribution in [-0.2, 0) is 25.8 Å². The Kier molecular flexibility index (Phi) is 9.28. The average Bonchev–Trinajstić information content (AvgIpc) is 2.82. The van der Waals surface area contributed by atoms with E-state index in [1.165, 1.54) is 12.1 Å². The normalized spacial score (nSPS) is 15.8. The largest absolute Gasteiger partial charge is 0.381 e. The fourth-order valence-electron chi connectivity index (χ4n) is 4.30. The molecule has 2 aromatic carbocycles. The van der Waals surface area contributed by atoms with Gasteiger partial charge in [-0.1, -0.05) is 19.1 Å². The molecule has 0 atom stereocenters. The monoisotopic (exact) mass is 535 g/mol. The number of hydrogen-bond acceptors (Lipinski definition) is 5. The summed E-state index contributed by atoms with van der Waals surface area (Å²) < 4.78 is 50.7. The van der Waals surface area contributed by atoms with Crippen molar-refractivity contribution in [1.82, 2.24) is 0 Å². The number of amides is 2. The number of benzene rings is 2. The first-order chi connectivity index (χ1) is 17.4. The minimum Gasteiger partial charge on any atom is -0.381 e.